The fraction of sp³-hybridized carbons (Fsp3) is 0.105. The summed E-state index contributed by atoms with van der Waals surface area (Å²) >= 11 is 18.5. The molecule has 136 valence electrons. The summed E-state index contributed by atoms with van der Waals surface area (Å²) in [6.45, 7) is 2.31. The Hall–Kier alpha value is -2.34. The normalized spacial score (nSPS) is 11.3. The van der Waals surface area contributed by atoms with Crippen LogP contribution in [0.2, 0.25) is 15.1 Å². The summed E-state index contributed by atoms with van der Waals surface area (Å²) in [5.41, 5.74) is 2.11. The van der Waals surface area contributed by atoms with Crippen molar-refractivity contribution < 1.29 is 0 Å². The van der Waals surface area contributed by atoms with E-state index in [2.05, 4.69) is 10.1 Å². The highest BCUT2D eigenvalue weighted by molar-refractivity contribution is 6.36. The highest BCUT2D eigenvalue weighted by atomic mass is 35.5. The Morgan fingerprint density at radius 2 is 1.70 bits per heavy atom. The Morgan fingerprint density at radius 3 is 2.37 bits per heavy atom. The molecule has 0 saturated carbocycles. The first-order valence-electron chi connectivity index (χ1n) is 8.19. The largest absolute Gasteiger partial charge is 0.294 e. The summed E-state index contributed by atoms with van der Waals surface area (Å²) in [5.74, 6) is 0.529. The number of hydrogen-bond acceptors (Lipinski definition) is 3. The van der Waals surface area contributed by atoms with Crippen LogP contribution in [0.4, 0.5) is 0 Å². The maximum absolute atomic E-state index is 12.7. The molecular formula is C19H13Cl3N4O. The smallest absolute Gasteiger partial charge is 0.290 e. The molecule has 0 fully saturated rings. The SMILES string of the molecule is CCn1ncc2c(nc(-c3ccc(Cl)cc3Cl)n2-c2ccc(Cl)cc2)c1=O. The molecule has 0 aliphatic heterocycles. The summed E-state index contributed by atoms with van der Waals surface area (Å²) in [4.78, 5) is 17.3. The van der Waals surface area contributed by atoms with Crippen molar-refractivity contribution in [2.45, 2.75) is 13.5 Å². The predicted molar refractivity (Wildman–Crippen MR) is 109 cm³/mol. The van der Waals surface area contributed by atoms with E-state index in [9.17, 15) is 4.79 Å². The van der Waals surface area contributed by atoms with Crippen LogP contribution in [0.1, 0.15) is 6.92 Å². The summed E-state index contributed by atoms with van der Waals surface area (Å²) in [6, 6.07) is 12.4. The molecular weight excluding hydrogens is 407 g/mol. The zero-order valence-corrected chi connectivity index (χ0v) is 16.4. The van der Waals surface area contributed by atoms with Crippen molar-refractivity contribution in [3.05, 3.63) is 74.1 Å². The van der Waals surface area contributed by atoms with E-state index >= 15 is 0 Å². The quantitative estimate of drug-likeness (QED) is 0.457. The van der Waals surface area contributed by atoms with E-state index in [4.69, 9.17) is 34.8 Å². The number of benzene rings is 2. The fourth-order valence-electron chi connectivity index (χ4n) is 2.94. The Balaban J connectivity index is 2.10. The van der Waals surface area contributed by atoms with E-state index in [-0.39, 0.29) is 5.56 Å². The average Bonchev–Trinajstić information content (AvgIpc) is 3.03. The summed E-state index contributed by atoms with van der Waals surface area (Å²) in [5, 5.41) is 5.81. The number of rotatable bonds is 3. The van der Waals surface area contributed by atoms with Gasteiger partial charge >= 0.3 is 0 Å². The van der Waals surface area contributed by atoms with Gasteiger partial charge in [0.2, 0.25) is 0 Å². The van der Waals surface area contributed by atoms with Crippen molar-refractivity contribution in [1.29, 1.82) is 0 Å². The van der Waals surface area contributed by atoms with Crippen molar-refractivity contribution in [1.82, 2.24) is 19.3 Å². The minimum Gasteiger partial charge on any atom is -0.290 e. The van der Waals surface area contributed by atoms with Crippen molar-refractivity contribution in [3.8, 4) is 17.1 Å². The molecule has 2 aromatic heterocycles. The van der Waals surface area contributed by atoms with Crippen LogP contribution >= 0.6 is 34.8 Å². The second kappa shape index (κ2) is 7.00. The number of nitrogens with zero attached hydrogens (tertiary/aromatic N) is 4. The molecule has 4 rings (SSSR count). The van der Waals surface area contributed by atoms with Gasteiger partial charge in [0.05, 0.1) is 16.7 Å². The fourth-order valence-corrected chi connectivity index (χ4v) is 3.56. The van der Waals surface area contributed by atoms with Crippen LogP contribution in [-0.2, 0) is 6.54 Å². The molecule has 0 bridgehead atoms. The number of fused-ring (bicyclic) bond motifs is 1. The highest BCUT2D eigenvalue weighted by Crippen LogP contribution is 2.33. The van der Waals surface area contributed by atoms with E-state index in [0.29, 0.717) is 44.0 Å². The van der Waals surface area contributed by atoms with E-state index in [1.807, 2.05) is 23.6 Å². The van der Waals surface area contributed by atoms with Crippen LogP contribution in [0.15, 0.2) is 53.5 Å². The Bertz CT molecular complexity index is 1210. The summed E-state index contributed by atoms with van der Waals surface area (Å²) in [6.07, 6.45) is 1.63. The first-order chi connectivity index (χ1) is 13.0. The molecule has 8 heteroatoms. The van der Waals surface area contributed by atoms with Gasteiger partial charge in [-0.05, 0) is 49.4 Å². The molecule has 0 amide bonds. The van der Waals surface area contributed by atoms with Gasteiger partial charge < -0.3 is 0 Å². The molecule has 4 aromatic rings. The molecule has 2 heterocycles. The van der Waals surface area contributed by atoms with Crippen LogP contribution in [0.25, 0.3) is 28.1 Å². The lowest BCUT2D eigenvalue weighted by Gasteiger charge is -2.11. The van der Waals surface area contributed by atoms with E-state index in [1.54, 1.807) is 36.5 Å². The second-order valence-corrected chi connectivity index (χ2v) is 7.15. The number of aryl methyl sites for hydroxylation is 1. The lowest BCUT2D eigenvalue weighted by Crippen LogP contribution is -2.21. The van der Waals surface area contributed by atoms with Gasteiger partial charge in [0.25, 0.3) is 5.56 Å². The molecule has 0 atom stereocenters. The molecule has 0 radical (unpaired) electrons. The minimum atomic E-state index is -0.256. The van der Waals surface area contributed by atoms with Gasteiger partial charge in [-0.3, -0.25) is 9.36 Å². The molecule has 0 aliphatic carbocycles. The van der Waals surface area contributed by atoms with Crippen LogP contribution in [0.3, 0.4) is 0 Å². The number of halogens is 3. The molecule has 5 nitrogen and oxygen atoms in total. The Labute approximate surface area is 169 Å². The third-order valence-corrected chi connectivity index (χ3v) is 5.03. The molecule has 0 spiro atoms. The molecule has 0 N–H and O–H groups in total. The van der Waals surface area contributed by atoms with E-state index in [0.717, 1.165) is 5.69 Å². The van der Waals surface area contributed by atoms with Crippen LogP contribution in [-0.4, -0.2) is 19.3 Å². The molecule has 0 unspecified atom stereocenters. The third kappa shape index (κ3) is 3.12. The topological polar surface area (TPSA) is 52.7 Å². The Kier molecular flexibility index (Phi) is 4.68. The molecule has 27 heavy (non-hydrogen) atoms. The van der Waals surface area contributed by atoms with Crippen LogP contribution < -0.4 is 5.56 Å². The van der Waals surface area contributed by atoms with Crippen LogP contribution in [0.5, 0.6) is 0 Å². The standard InChI is InChI=1S/C19H13Cl3N4O/c1-2-25-19(27)17-16(10-23-25)26(13-6-3-11(20)4-7-13)18(24-17)14-8-5-12(21)9-15(14)22/h3-10H,2H2,1H3. The van der Waals surface area contributed by atoms with Crippen molar-refractivity contribution >= 4 is 45.8 Å². The zero-order valence-electron chi connectivity index (χ0n) is 14.2. The van der Waals surface area contributed by atoms with Gasteiger partial charge in [-0.25, -0.2) is 9.67 Å². The first kappa shape index (κ1) is 18.0. The molecule has 0 saturated heterocycles. The highest BCUT2D eigenvalue weighted by Gasteiger charge is 2.19. The van der Waals surface area contributed by atoms with Crippen molar-refractivity contribution in [2.75, 3.05) is 0 Å². The molecule has 2 aromatic carbocycles. The maximum Gasteiger partial charge on any atom is 0.294 e. The second-order valence-electron chi connectivity index (χ2n) is 5.87. The summed E-state index contributed by atoms with van der Waals surface area (Å²) in [7, 11) is 0. The predicted octanol–water partition coefficient (Wildman–Crippen LogP) is 5.23. The maximum atomic E-state index is 12.7. The van der Waals surface area contributed by atoms with Gasteiger partial charge in [-0.2, -0.15) is 5.10 Å². The van der Waals surface area contributed by atoms with Gasteiger partial charge in [-0.1, -0.05) is 34.8 Å². The van der Waals surface area contributed by atoms with E-state index in [1.165, 1.54) is 4.68 Å². The first-order valence-corrected chi connectivity index (χ1v) is 9.33. The molecule has 0 aliphatic rings. The lowest BCUT2D eigenvalue weighted by molar-refractivity contribution is 0.621. The van der Waals surface area contributed by atoms with Gasteiger partial charge in [0.1, 0.15) is 5.82 Å². The minimum absolute atomic E-state index is 0.256. The average molecular weight is 420 g/mol. The van der Waals surface area contributed by atoms with Gasteiger partial charge in [0.15, 0.2) is 5.52 Å². The van der Waals surface area contributed by atoms with E-state index < -0.39 is 0 Å². The van der Waals surface area contributed by atoms with Crippen molar-refractivity contribution in [2.24, 2.45) is 0 Å². The number of aromatic nitrogens is 4. The Morgan fingerprint density at radius 1 is 1.00 bits per heavy atom. The van der Waals surface area contributed by atoms with Gasteiger partial charge in [-0.15, -0.1) is 0 Å². The number of imidazole rings is 1. The monoisotopic (exact) mass is 418 g/mol. The van der Waals surface area contributed by atoms with Gasteiger partial charge in [0, 0.05) is 27.8 Å². The zero-order chi connectivity index (χ0) is 19.1. The van der Waals surface area contributed by atoms with Crippen LogP contribution in [0, 0.1) is 0 Å². The van der Waals surface area contributed by atoms with Crippen molar-refractivity contribution in [3.63, 3.8) is 0 Å². The number of hydrogen-bond donors (Lipinski definition) is 0. The third-order valence-electron chi connectivity index (χ3n) is 4.23. The summed E-state index contributed by atoms with van der Waals surface area (Å²) < 4.78 is 3.21. The lowest BCUT2D eigenvalue weighted by atomic mass is 10.2.